The van der Waals surface area contributed by atoms with Crippen LogP contribution in [-0.4, -0.2) is 20.2 Å². The minimum atomic E-state index is -0.612. The van der Waals surface area contributed by atoms with Crippen LogP contribution in [0.25, 0.3) is 0 Å². The molecule has 7 nitrogen and oxygen atoms in total. The molecule has 2 atom stereocenters. The summed E-state index contributed by atoms with van der Waals surface area (Å²) in [5.41, 5.74) is -0.368. The lowest BCUT2D eigenvalue weighted by atomic mass is 9.96. The Morgan fingerprint density at radius 2 is 1.64 bits per heavy atom. The standard InChI is InChI=1S/C20H24N4O3S/c1-3-9-22-18(25)23(10-4-2)20(27)24(19(22)26)13-21-11-7-16-15(8-12-28-16)17(21)14-5-6-14/h3-4,8,12,14,17H,1-2,5-7,9-11,13H2/p+1/t17-/m0/s1. The van der Waals surface area contributed by atoms with Gasteiger partial charge in [-0.2, -0.15) is 4.57 Å². The zero-order valence-electron chi connectivity index (χ0n) is 15.8. The summed E-state index contributed by atoms with van der Waals surface area (Å²) in [6.45, 7) is 8.54. The first-order chi connectivity index (χ1) is 13.6. The molecule has 1 saturated carbocycles. The van der Waals surface area contributed by atoms with Crippen molar-refractivity contribution in [2.45, 2.75) is 45.1 Å². The zero-order chi connectivity index (χ0) is 19.8. The number of hydrogen-bond donors (Lipinski definition) is 1. The van der Waals surface area contributed by atoms with Crippen LogP contribution in [0.2, 0.25) is 0 Å². The summed E-state index contributed by atoms with van der Waals surface area (Å²) in [6.07, 6.45) is 6.32. The Kier molecular flexibility index (Phi) is 5.07. The first-order valence-corrected chi connectivity index (χ1v) is 10.5. The van der Waals surface area contributed by atoms with E-state index in [-0.39, 0.29) is 19.8 Å². The number of fused-ring (bicyclic) bond motifs is 1. The molecule has 0 bridgehead atoms. The molecule has 3 heterocycles. The summed E-state index contributed by atoms with van der Waals surface area (Å²) in [5.74, 6) is 0.605. The SMILES string of the molecule is C=CCn1c(=O)n(CC=C)c(=O)n(C[NH+]2CCc3sccc3[C@@H]2C2CC2)c1=O. The fourth-order valence-corrected chi connectivity index (χ4v) is 5.20. The molecule has 2 aliphatic rings. The van der Waals surface area contributed by atoms with Crippen LogP contribution in [0.4, 0.5) is 0 Å². The van der Waals surface area contributed by atoms with Gasteiger partial charge in [-0.25, -0.2) is 23.5 Å². The Morgan fingerprint density at radius 3 is 2.21 bits per heavy atom. The van der Waals surface area contributed by atoms with E-state index >= 15 is 0 Å². The van der Waals surface area contributed by atoms with Crippen molar-refractivity contribution in [1.29, 1.82) is 0 Å². The number of aromatic nitrogens is 3. The number of quaternary nitrogens is 1. The highest BCUT2D eigenvalue weighted by molar-refractivity contribution is 7.10. The Labute approximate surface area is 166 Å². The van der Waals surface area contributed by atoms with Crippen LogP contribution in [0.3, 0.4) is 0 Å². The fraction of sp³-hybridized carbons (Fsp3) is 0.450. The van der Waals surface area contributed by atoms with Crippen LogP contribution in [0.5, 0.6) is 0 Å². The molecule has 28 heavy (non-hydrogen) atoms. The molecule has 0 aromatic carbocycles. The molecule has 4 rings (SSSR count). The summed E-state index contributed by atoms with van der Waals surface area (Å²) in [6, 6.07) is 2.51. The van der Waals surface area contributed by atoms with Crippen molar-refractivity contribution in [3.63, 3.8) is 0 Å². The molecule has 2 aromatic heterocycles. The highest BCUT2D eigenvalue weighted by Gasteiger charge is 2.43. The van der Waals surface area contributed by atoms with Crippen LogP contribution in [0, 0.1) is 5.92 Å². The lowest BCUT2D eigenvalue weighted by Crippen LogP contribution is -3.13. The van der Waals surface area contributed by atoms with Gasteiger partial charge in [0.2, 0.25) is 0 Å². The van der Waals surface area contributed by atoms with Crippen LogP contribution in [0.15, 0.2) is 51.1 Å². The van der Waals surface area contributed by atoms with Gasteiger partial charge in [-0.05, 0) is 24.3 Å². The van der Waals surface area contributed by atoms with Crippen molar-refractivity contribution < 1.29 is 4.90 Å². The van der Waals surface area contributed by atoms with Crippen LogP contribution < -0.4 is 22.0 Å². The summed E-state index contributed by atoms with van der Waals surface area (Å²) >= 11 is 1.79. The Balaban J connectivity index is 1.78. The first kappa shape index (κ1) is 18.9. The zero-order valence-corrected chi connectivity index (χ0v) is 16.6. The summed E-state index contributed by atoms with van der Waals surface area (Å²) in [5, 5.41) is 2.14. The Hall–Kier alpha value is -2.45. The quantitative estimate of drug-likeness (QED) is 0.672. The van der Waals surface area contributed by atoms with Gasteiger partial charge in [0.15, 0.2) is 6.67 Å². The third kappa shape index (κ3) is 3.16. The topological polar surface area (TPSA) is 70.4 Å². The Bertz CT molecular complexity index is 1040. The number of hydrogen-bond acceptors (Lipinski definition) is 4. The molecule has 0 amide bonds. The maximum absolute atomic E-state index is 12.9. The van der Waals surface area contributed by atoms with Gasteiger partial charge in [0, 0.05) is 22.8 Å². The average molecular weight is 402 g/mol. The van der Waals surface area contributed by atoms with Gasteiger partial charge in [0.1, 0.15) is 6.04 Å². The maximum atomic E-state index is 12.9. The number of rotatable bonds is 7. The van der Waals surface area contributed by atoms with Gasteiger partial charge in [-0.3, -0.25) is 0 Å². The Morgan fingerprint density at radius 1 is 1.04 bits per heavy atom. The van der Waals surface area contributed by atoms with E-state index in [0.717, 1.165) is 22.1 Å². The summed E-state index contributed by atoms with van der Waals surface area (Å²) < 4.78 is 3.36. The smallest absolute Gasteiger partial charge is 0.311 e. The molecular formula is C20H25N4O3S+. The minimum absolute atomic E-state index is 0.0746. The molecule has 0 saturated heterocycles. The van der Waals surface area contributed by atoms with Gasteiger partial charge >= 0.3 is 17.1 Å². The third-order valence-corrected chi connectivity index (χ3v) is 6.69. The molecule has 1 aliphatic carbocycles. The van der Waals surface area contributed by atoms with Gasteiger partial charge in [0.25, 0.3) is 0 Å². The van der Waals surface area contributed by atoms with Crippen LogP contribution in [-0.2, 0) is 26.2 Å². The third-order valence-electron chi connectivity index (χ3n) is 5.69. The molecule has 8 heteroatoms. The second-order valence-electron chi connectivity index (χ2n) is 7.50. The van der Waals surface area contributed by atoms with Crippen LogP contribution in [0.1, 0.15) is 29.3 Å². The number of nitrogens with zero attached hydrogens (tertiary/aromatic N) is 3. The van der Waals surface area contributed by atoms with E-state index in [9.17, 15) is 14.4 Å². The molecule has 148 valence electrons. The van der Waals surface area contributed by atoms with E-state index in [0.29, 0.717) is 12.0 Å². The van der Waals surface area contributed by atoms with Gasteiger partial charge in [-0.1, -0.05) is 12.2 Å². The van der Waals surface area contributed by atoms with Gasteiger partial charge in [-0.15, -0.1) is 24.5 Å². The number of nitrogens with one attached hydrogen (secondary N) is 1. The lowest BCUT2D eigenvalue weighted by molar-refractivity contribution is -0.958. The van der Waals surface area contributed by atoms with E-state index < -0.39 is 17.1 Å². The predicted octanol–water partition coefficient (Wildman–Crippen LogP) is 0.155. The highest BCUT2D eigenvalue weighted by atomic mass is 32.1. The van der Waals surface area contributed by atoms with Gasteiger partial charge in [0.05, 0.1) is 19.6 Å². The van der Waals surface area contributed by atoms with E-state index in [1.165, 1.54) is 44.9 Å². The van der Waals surface area contributed by atoms with E-state index in [1.54, 1.807) is 11.3 Å². The monoisotopic (exact) mass is 401 g/mol. The normalized spacial score (nSPS) is 21.3. The van der Waals surface area contributed by atoms with Crippen LogP contribution >= 0.6 is 11.3 Å². The average Bonchev–Trinajstić information content (AvgIpc) is 3.41. The predicted molar refractivity (Wildman–Crippen MR) is 109 cm³/mol. The van der Waals surface area contributed by atoms with E-state index in [2.05, 4.69) is 24.6 Å². The van der Waals surface area contributed by atoms with Crippen molar-refractivity contribution in [2.75, 3.05) is 6.54 Å². The molecule has 2 aromatic rings. The van der Waals surface area contributed by atoms with E-state index in [1.807, 2.05) is 0 Å². The second kappa shape index (κ2) is 7.52. The number of allylic oxidation sites excluding steroid dienone is 2. The van der Waals surface area contributed by atoms with Crippen molar-refractivity contribution in [1.82, 2.24) is 13.7 Å². The van der Waals surface area contributed by atoms with Crippen molar-refractivity contribution in [3.8, 4) is 0 Å². The molecule has 0 radical (unpaired) electrons. The fourth-order valence-electron chi connectivity index (χ4n) is 4.27. The minimum Gasteiger partial charge on any atom is -0.311 e. The number of thiophene rings is 1. The first-order valence-electron chi connectivity index (χ1n) is 9.64. The van der Waals surface area contributed by atoms with Crippen molar-refractivity contribution in [3.05, 3.63) is 78.6 Å². The maximum Gasteiger partial charge on any atom is 0.341 e. The molecule has 1 aliphatic heterocycles. The highest BCUT2D eigenvalue weighted by Crippen LogP contribution is 2.42. The van der Waals surface area contributed by atoms with E-state index in [4.69, 9.17) is 0 Å². The van der Waals surface area contributed by atoms with Crippen molar-refractivity contribution >= 4 is 11.3 Å². The summed E-state index contributed by atoms with van der Waals surface area (Å²) in [7, 11) is 0. The largest absolute Gasteiger partial charge is 0.341 e. The molecule has 1 fully saturated rings. The summed E-state index contributed by atoms with van der Waals surface area (Å²) in [4.78, 5) is 41.1. The molecule has 1 N–H and O–H groups in total. The second-order valence-corrected chi connectivity index (χ2v) is 8.51. The molecule has 0 spiro atoms. The molecule has 1 unspecified atom stereocenters. The van der Waals surface area contributed by atoms with Gasteiger partial charge < -0.3 is 4.90 Å². The molecular weight excluding hydrogens is 376 g/mol. The lowest BCUT2D eigenvalue weighted by Gasteiger charge is -2.33. The van der Waals surface area contributed by atoms with Crippen molar-refractivity contribution in [2.24, 2.45) is 5.92 Å².